The minimum atomic E-state index is -0.553. The fourth-order valence-electron chi connectivity index (χ4n) is 3.89. The molecule has 0 aromatic carbocycles. The van der Waals surface area contributed by atoms with Crippen LogP contribution in [0.4, 0.5) is 0 Å². The predicted molar refractivity (Wildman–Crippen MR) is 102 cm³/mol. The molecule has 3 rings (SSSR count). The van der Waals surface area contributed by atoms with Crippen LogP contribution in [-0.2, 0) is 17.9 Å². The van der Waals surface area contributed by atoms with Crippen LogP contribution in [0.25, 0.3) is 0 Å². The van der Waals surface area contributed by atoms with Gasteiger partial charge in [0.25, 0.3) is 5.91 Å². The van der Waals surface area contributed by atoms with Crippen molar-refractivity contribution in [2.24, 2.45) is 11.7 Å². The molecule has 0 unspecified atom stereocenters. The van der Waals surface area contributed by atoms with Crippen LogP contribution >= 0.6 is 0 Å². The molecule has 7 heteroatoms. The van der Waals surface area contributed by atoms with Gasteiger partial charge in [0.15, 0.2) is 0 Å². The zero-order valence-corrected chi connectivity index (χ0v) is 16.5. The standard InChI is InChI=1S/C20H30N4O3/c1-4-12(2)17(21)18(25)22-10-13-9-15-16(23-19(13)27-3)11-24(20(15)26)14-7-5-6-8-14/h9,12,14,17H,4-8,10-11,21H2,1-3H3,(H,22,25)/t12-,17-/m1/s1. The molecule has 2 heterocycles. The summed E-state index contributed by atoms with van der Waals surface area (Å²) in [5.74, 6) is 0.389. The zero-order chi connectivity index (χ0) is 19.6. The lowest BCUT2D eigenvalue weighted by molar-refractivity contribution is -0.123. The second-order valence-electron chi connectivity index (χ2n) is 7.65. The van der Waals surface area contributed by atoms with Gasteiger partial charge in [0.2, 0.25) is 11.8 Å². The summed E-state index contributed by atoms with van der Waals surface area (Å²) < 4.78 is 5.40. The van der Waals surface area contributed by atoms with Gasteiger partial charge in [0.1, 0.15) is 0 Å². The Labute approximate surface area is 160 Å². The topological polar surface area (TPSA) is 97.6 Å². The summed E-state index contributed by atoms with van der Waals surface area (Å²) in [7, 11) is 1.55. The van der Waals surface area contributed by atoms with Gasteiger partial charge >= 0.3 is 0 Å². The third-order valence-electron chi connectivity index (χ3n) is 5.92. The van der Waals surface area contributed by atoms with Crippen LogP contribution in [0.3, 0.4) is 0 Å². The highest BCUT2D eigenvalue weighted by Crippen LogP contribution is 2.33. The molecule has 0 radical (unpaired) electrons. The maximum atomic E-state index is 12.8. The van der Waals surface area contributed by atoms with Crippen molar-refractivity contribution in [1.82, 2.24) is 15.2 Å². The number of nitrogens with two attached hydrogens (primary N) is 1. The van der Waals surface area contributed by atoms with Crippen molar-refractivity contribution in [2.75, 3.05) is 7.11 Å². The highest BCUT2D eigenvalue weighted by molar-refractivity contribution is 5.98. The first-order chi connectivity index (χ1) is 13.0. The zero-order valence-electron chi connectivity index (χ0n) is 16.5. The lowest BCUT2D eigenvalue weighted by Gasteiger charge is -2.22. The highest BCUT2D eigenvalue weighted by atomic mass is 16.5. The summed E-state index contributed by atoms with van der Waals surface area (Å²) in [5, 5.41) is 2.85. The van der Waals surface area contributed by atoms with Gasteiger partial charge in [0, 0.05) is 18.2 Å². The van der Waals surface area contributed by atoms with Crippen molar-refractivity contribution in [1.29, 1.82) is 0 Å². The molecule has 1 saturated carbocycles. The molecule has 2 atom stereocenters. The first-order valence-electron chi connectivity index (χ1n) is 9.87. The number of methoxy groups -OCH3 is 1. The van der Waals surface area contributed by atoms with E-state index in [1.165, 1.54) is 12.8 Å². The average molecular weight is 374 g/mol. The highest BCUT2D eigenvalue weighted by Gasteiger charge is 2.36. The molecular formula is C20H30N4O3. The van der Waals surface area contributed by atoms with Gasteiger partial charge < -0.3 is 20.7 Å². The van der Waals surface area contributed by atoms with E-state index >= 15 is 0 Å². The van der Waals surface area contributed by atoms with E-state index in [1.807, 2.05) is 24.8 Å². The molecule has 1 aliphatic carbocycles. The van der Waals surface area contributed by atoms with E-state index in [0.29, 0.717) is 29.6 Å². The molecule has 0 spiro atoms. The maximum absolute atomic E-state index is 12.8. The summed E-state index contributed by atoms with van der Waals surface area (Å²) in [5.41, 5.74) is 8.07. The fraction of sp³-hybridized carbons (Fsp3) is 0.650. The third kappa shape index (κ3) is 3.93. The number of carbonyl (C=O) groups excluding carboxylic acids is 2. The number of pyridine rings is 1. The Balaban J connectivity index is 1.74. The number of nitrogens with one attached hydrogen (secondary N) is 1. The Kier molecular flexibility index (Phi) is 5.99. The number of nitrogens with zero attached hydrogens (tertiary/aromatic N) is 2. The van der Waals surface area contributed by atoms with Crippen LogP contribution in [0.5, 0.6) is 5.88 Å². The van der Waals surface area contributed by atoms with Crippen molar-refractivity contribution < 1.29 is 14.3 Å². The second kappa shape index (κ2) is 8.25. The Morgan fingerprint density at radius 2 is 2.15 bits per heavy atom. The van der Waals surface area contributed by atoms with E-state index in [0.717, 1.165) is 25.0 Å². The van der Waals surface area contributed by atoms with E-state index < -0.39 is 6.04 Å². The summed E-state index contributed by atoms with van der Waals surface area (Å²) >= 11 is 0. The van der Waals surface area contributed by atoms with Gasteiger partial charge in [-0.1, -0.05) is 33.1 Å². The van der Waals surface area contributed by atoms with Gasteiger partial charge in [-0.05, 0) is 24.8 Å². The molecular weight excluding hydrogens is 344 g/mol. The van der Waals surface area contributed by atoms with Crippen LogP contribution in [0, 0.1) is 5.92 Å². The maximum Gasteiger partial charge on any atom is 0.256 e. The number of hydrogen-bond acceptors (Lipinski definition) is 5. The average Bonchev–Trinajstić information content (AvgIpc) is 3.32. The number of hydrogen-bond donors (Lipinski definition) is 2. The van der Waals surface area contributed by atoms with Crippen LogP contribution < -0.4 is 15.8 Å². The van der Waals surface area contributed by atoms with Crippen molar-refractivity contribution in [2.45, 2.75) is 71.1 Å². The molecule has 148 valence electrons. The molecule has 2 aliphatic rings. The van der Waals surface area contributed by atoms with E-state index in [4.69, 9.17) is 10.5 Å². The monoisotopic (exact) mass is 374 g/mol. The first-order valence-corrected chi connectivity index (χ1v) is 9.87. The lowest BCUT2D eigenvalue weighted by Crippen LogP contribution is -2.44. The minimum Gasteiger partial charge on any atom is -0.481 e. The summed E-state index contributed by atoms with van der Waals surface area (Å²) in [6.45, 7) is 4.74. The molecule has 3 N–H and O–H groups in total. The molecule has 1 aliphatic heterocycles. The van der Waals surface area contributed by atoms with Crippen molar-refractivity contribution in [3.63, 3.8) is 0 Å². The van der Waals surface area contributed by atoms with Crippen LogP contribution in [-0.4, -0.2) is 40.9 Å². The molecule has 2 amide bonds. The van der Waals surface area contributed by atoms with E-state index in [9.17, 15) is 9.59 Å². The Morgan fingerprint density at radius 3 is 2.78 bits per heavy atom. The number of carbonyl (C=O) groups is 2. The second-order valence-corrected chi connectivity index (χ2v) is 7.65. The summed E-state index contributed by atoms with van der Waals surface area (Å²) in [4.78, 5) is 31.6. The molecule has 27 heavy (non-hydrogen) atoms. The molecule has 1 aromatic heterocycles. The van der Waals surface area contributed by atoms with Crippen molar-refractivity contribution in [3.05, 3.63) is 22.9 Å². The van der Waals surface area contributed by atoms with E-state index in [1.54, 1.807) is 7.11 Å². The van der Waals surface area contributed by atoms with Gasteiger partial charge in [-0.25, -0.2) is 4.98 Å². The summed E-state index contributed by atoms with van der Waals surface area (Å²) in [6, 6.07) is 1.57. The predicted octanol–water partition coefficient (Wildman–Crippen LogP) is 1.98. The Bertz CT molecular complexity index is 715. The Hall–Kier alpha value is -2.15. The third-order valence-corrected chi connectivity index (χ3v) is 5.92. The largest absolute Gasteiger partial charge is 0.481 e. The quantitative estimate of drug-likeness (QED) is 0.760. The number of rotatable bonds is 7. The smallest absolute Gasteiger partial charge is 0.256 e. The summed E-state index contributed by atoms with van der Waals surface area (Å²) in [6.07, 6.45) is 5.31. The molecule has 7 nitrogen and oxygen atoms in total. The molecule has 1 fully saturated rings. The van der Waals surface area contributed by atoms with Gasteiger partial charge in [-0.2, -0.15) is 0 Å². The SMILES string of the molecule is CC[C@@H](C)[C@@H](N)C(=O)NCc1cc2c(nc1OC)CN(C1CCCC1)C2=O. The van der Waals surface area contributed by atoms with Crippen LogP contribution in [0.2, 0.25) is 0 Å². The number of amides is 2. The Morgan fingerprint density at radius 1 is 1.44 bits per heavy atom. The van der Waals surface area contributed by atoms with E-state index in [-0.39, 0.29) is 24.3 Å². The number of fused-ring (bicyclic) bond motifs is 1. The molecule has 0 saturated heterocycles. The van der Waals surface area contributed by atoms with Crippen LogP contribution in [0.1, 0.15) is 67.6 Å². The van der Waals surface area contributed by atoms with Gasteiger partial charge in [0.05, 0.1) is 31.0 Å². The number of ether oxygens (including phenoxy) is 1. The van der Waals surface area contributed by atoms with Crippen LogP contribution in [0.15, 0.2) is 6.07 Å². The molecule has 0 bridgehead atoms. The minimum absolute atomic E-state index is 0.0379. The van der Waals surface area contributed by atoms with E-state index in [2.05, 4.69) is 10.3 Å². The van der Waals surface area contributed by atoms with Gasteiger partial charge in [-0.3, -0.25) is 9.59 Å². The van der Waals surface area contributed by atoms with Crippen molar-refractivity contribution in [3.8, 4) is 5.88 Å². The lowest BCUT2D eigenvalue weighted by atomic mass is 9.99. The van der Waals surface area contributed by atoms with Crippen molar-refractivity contribution >= 4 is 11.8 Å². The fourth-order valence-corrected chi connectivity index (χ4v) is 3.89. The van der Waals surface area contributed by atoms with Gasteiger partial charge in [-0.15, -0.1) is 0 Å². The normalized spacial score (nSPS) is 19.1. The number of aromatic nitrogens is 1. The molecule has 1 aromatic rings. The first kappa shape index (κ1) is 19.6.